The van der Waals surface area contributed by atoms with Gasteiger partial charge in [-0.1, -0.05) is 51.1 Å². The number of aryl methyl sites for hydroxylation is 1. The third kappa shape index (κ3) is 4.96. The van der Waals surface area contributed by atoms with E-state index in [0.717, 1.165) is 16.8 Å². The summed E-state index contributed by atoms with van der Waals surface area (Å²) in [7, 11) is -3.51. The van der Waals surface area contributed by atoms with E-state index in [1.165, 1.54) is 0 Å². The number of sulfonamides is 1. The first kappa shape index (κ1) is 23.8. The predicted octanol–water partition coefficient (Wildman–Crippen LogP) is 3.97. The molecule has 0 bridgehead atoms. The van der Waals surface area contributed by atoms with Crippen molar-refractivity contribution in [2.75, 3.05) is 26.2 Å². The molecular formula is C24H31N5O2S2. The average Bonchev–Trinajstić information content (AvgIpc) is 3.14. The van der Waals surface area contributed by atoms with Crippen LogP contribution in [0.25, 0.3) is 5.69 Å². The largest absolute Gasteiger partial charge is 0.282 e. The fraction of sp³-hybridized carbons (Fsp3) is 0.417. The summed E-state index contributed by atoms with van der Waals surface area (Å²) < 4.78 is 32.2. The second kappa shape index (κ2) is 9.13. The first-order valence-electron chi connectivity index (χ1n) is 11.1. The molecule has 1 aliphatic rings. The van der Waals surface area contributed by atoms with Crippen molar-refractivity contribution in [3.8, 4) is 5.69 Å². The molecule has 33 heavy (non-hydrogen) atoms. The molecule has 0 aliphatic carbocycles. The lowest BCUT2D eigenvalue weighted by Gasteiger charge is -2.33. The second-order valence-corrected chi connectivity index (χ2v) is 11.8. The molecule has 0 spiro atoms. The van der Waals surface area contributed by atoms with E-state index in [0.29, 0.717) is 42.5 Å². The molecule has 0 atom stereocenters. The average molecular weight is 486 g/mol. The van der Waals surface area contributed by atoms with Gasteiger partial charge in [-0.3, -0.25) is 9.47 Å². The van der Waals surface area contributed by atoms with Crippen LogP contribution in [-0.2, 0) is 22.1 Å². The maximum Gasteiger partial charge on any atom is 0.243 e. The van der Waals surface area contributed by atoms with E-state index in [2.05, 4.69) is 30.8 Å². The van der Waals surface area contributed by atoms with Gasteiger partial charge in [0.05, 0.1) is 17.3 Å². The van der Waals surface area contributed by atoms with Crippen LogP contribution in [0.3, 0.4) is 0 Å². The predicted molar refractivity (Wildman–Crippen MR) is 133 cm³/mol. The van der Waals surface area contributed by atoms with Gasteiger partial charge in [0.1, 0.15) is 6.33 Å². The van der Waals surface area contributed by atoms with Crippen molar-refractivity contribution in [2.24, 2.45) is 0 Å². The lowest BCUT2D eigenvalue weighted by Crippen LogP contribution is -2.48. The van der Waals surface area contributed by atoms with Gasteiger partial charge in [0.25, 0.3) is 0 Å². The molecule has 1 fully saturated rings. The van der Waals surface area contributed by atoms with Crippen molar-refractivity contribution in [3.05, 3.63) is 70.8 Å². The Bertz CT molecular complexity index is 1280. The van der Waals surface area contributed by atoms with Crippen LogP contribution in [0.4, 0.5) is 0 Å². The Morgan fingerprint density at radius 2 is 1.61 bits per heavy atom. The minimum Gasteiger partial charge on any atom is -0.282 e. The summed E-state index contributed by atoms with van der Waals surface area (Å²) in [5, 5.41) is 4.47. The summed E-state index contributed by atoms with van der Waals surface area (Å²) in [6.07, 6.45) is 1.74. The SMILES string of the molecule is Cc1ccccc1-n1cnn(CN2CCN(S(=O)(=O)c3ccc(C(C)(C)C)cc3)CC2)c1=S. The number of rotatable bonds is 5. The van der Waals surface area contributed by atoms with Crippen LogP contribution < -0.4 is 0 Å². The standard InChI is InChI=1S/C24H31N5O2S2/c1-19-7-5-6-8-22(19)28-17-25-29(23(28)32)18-26-13-15-27(16-14-26)33(30,31)21-11-9-20(10-12-21)24(2,3)4/h5-12,17H,13-16,18H2,1-4H3. The molecule has 3 aromatic rings. The molecule has 0 unspecified atom stereocenters. The molecule has 0 radical (unpaired) electrons. The van der Waals surface area contributed by atoms with Gasteiger partial charge >= 0.3 is 0 Å². The highest BCUT2D eigenvalue weighted by Crippen LogP contribution is 2.25. The van der Waals surface area contributed by atoms with E-state index in [9.17, 15) is 8.42 Å². The highest BCUT2D eigenvalue weighted by molar-refractivity contribution is 7.89. The molecule has 0 amide bonds. The van der Waals surface area contributed by atoms with Crippen molar-refractivity contribution in [1.29, 1.82) is 0 Å². The normalized spacial score (nSPS) is 16.2. The van der Waals surface area contributed by atoms with E-state index in [1.54, 1.807) is 27.4 Å². The Morgan fingerprint density at radius 1 is 0.970 bits per heavy atom. The van der Waals surface area contributed by atoms with Crippen LogP contribution >= 0.6 is 12.2 Å². The summed E-state index contributed by atoms with van der Waals surface area (Å²) in [5.41, 5.74) is 3.25. The van der Waals surface area contributed by atoms with Crippen LogP contribution in [0.15, 0.2) is 59.8 Å². The van der Waals surface area contributed by atoms with Gasteiger partial charge in [0.15, 0.2) is 0 Å². The van der Waals surface area contributed by atoms with Crippen LogP contribution in [0.5, 0.6) is 0 Å². The van der Waals surface area contributed by atoms with E-state index in [1.807, 2.05) is 47.9 Å². The Labute approximate surface area is 201 Å². The van der Waals surface area contributed by atoms with Gasteiger partial charge in [-0.25, -0.2) is 13.1 Å². The van der Waals surface area contributed by atoms with Crippen molar-refractivity contribution < 1.29 is 8.42 Å². The van der Waals surface area contributed by atoms with Crippen molar-refractivity contribution in [1.82, 2.24) is 23.6 Å². The van der Waals surface area contributed by atoms with Crippen LogP contribution in [0.2, 0.25) is 0 Å². The zero-order valence-electron chi connectivity index (χ0n) is 19.6. The molecule has 1 aliphatic heterocycles. The molecule has 176 valence electrons. The van der Waals surface area contributed by atoms with Gasteiger partial charge in [-0.15, -0.1) is 0 Å². The minimum atomic E-state index is -3.51. The highest BCUT2D eigenvalue weighted by Gasteiger charge is 2.29. The van der Waals surface area contributed by atoms with Gasteiger partial charge in [-0.2, -0.15) is 9.40 Å². The second-order valence-electron chi connectivity index (χ2n) is 9.51. The smallest absolute Gasteiger partial charge is 0.243 e. The van der Waals surface area contributed by atoms with Crippen molar-refractivity contribution >= 4 is 22.2 Å². The molecular weight excluding hydrogens is 454 g/mol. The number of aromatic nitrogens is 3. The van der Waals surface area contributed by atoms with Crippen molar-refractivity contribution in [3.63, 3.8) is 0 Å². The number of benzene rings is 2. The van der Waals surface area contributed by atoms with Gasteiger partial charge in [0.2, 0.25) is 14.8 Å². The maximum atomic E-state index is 13.1. The third-order valence-corrected chi connectivity index (χ3v) is 8.45. The van der Waals surface area contributed by atoms with Gasteiger partial charge in [0, 0.05) is 26.2 Å². The van der Waals surface area contributed by atoms with Gasteiger partial charge < -0.3 is 0 Å². The van der Waals surface area contributed by atoms with E-state index in [4.69, 9.17) is 12.2 Å². The molecule has 1 aromatic heterocycles. The number of hydrogen-bond donors (Lipinski definition) is 0. The number of hydrogen-bond acceptors (Lipinski definition) is 5. The fourth-order valence-electron chi connectivity index (χ4n) is 4.01. The number of para-hydroxylation sites is 1. The first-order valence-corrected chi connectivity index (χ1v) is 13.0. The van der Waals surface area contributed by atoms with Crippen LogP contribution in [-0.4, -0.2) is 58.1 Å². The molecule has 9 heteroatoms. The lowest BCUT2D eigenvalue weighted by molar-refractivity contribution is 0.144. The number of nitrogens with zero attached hydrogens (tertiary/aromatic N) is 5. The van der Waals surface area contributed by atoms with Gasteiger partial charge in [-0.05, 0) is 53.9 Å². The summed E-state index contributed by atoms with van der Waals surface area (Å²) in [6.45, 7) is 11.1. The third-order valence-electron chi connectivity index (χ3n) is 6.13. The molecule has 2 heterocycles. The quantitative estimate of drug-likeness (QED) is 0.512. The monoisotopic (exact) mass is 485 g/mol. The Kier molecular flexibility index (Phi) is 6.59. The zero-order chi connectivity index (χ0) is 23.8. The maximum absolute atomic E-state index is 13.1. The van der Waals surface area contributed by atoms with E-state index in [-0.39, 0.29) is 5.41 Å². The Hall–Kier alpha value is -2.33. The summed E-state index contributed by atoms with van der Waals surface area (Å²) in [5.74, 6) is 0. The molecule has 2 aromatic carbocycles. The zero-order valence-corrected chi connectivity index (χ0v) is 21.2. The Morgan fingerprint density at radius 3 is 2.21 bits per heavy atom. The summed E-state index contributed by atoms with van der Waals surface area (Å²) >= 11 is 5.65. The minimum absolute atomic E-state index is 0.0126. The van der Waals surface area contributed by atoms with Crippen molar-refractivity contribution in [2.45, 2.75) is 44.7 Å². The summed E-state index contributed by atoms with van der Waals surface area (Å²) in [4.78, 5) is 2.53. The van der Waals surface area contributed by atoms with Crippen LogP contribution in [0.1, 0.15) is 31.9 Å². The molecule has 4 rings (SSSR count). The first-order chi connectivity index (χ1) is 15.6. The fourth-order valence-corrected chi connectivity index (χ4v) is 5.68. The van der Waals surface area contributed by atoms with E-state index >= 15 is 0 Å². The topological polar surface area (TPSA) is 63.4 Å². The van der Waals surface area contributed by atoms with Crippen LogP contribution in [0, 0.1) is 11.7 Å². The lowest BCUT2D eigenvalue weighted by atomic mass is 9.87. The summed E-state index contributed by atoms with van der Waals surface area (Å²) in [6, 6.07) is 15.3. The molecule has 0 N–H and O–H groups in total. The number of piperazine rings is 1. The Balaban J connectivity index is 1.41. The highest BCUT2D eigenvalue weighted by atomic mass is 32.2. The molecule has 0 saturated carbocycles. The molecule has 1 saturated heterocycles. The molecule has 7 nitrogen and oxygen atoms in total. The van der Waals surface area contributed by atoms with E-state index < -0.39 is 10.0 Å².